The number of hydrogen-bond donors (Lipinski definition) is 3. The summed E-state index contributed by atoms with van der Waals surface area (Å²) in [7, 11) is 0. The van der Waals surface area contributed by atoms with Gasteiger partial charge >= 0.3 is 0 Å². The highest BCUT2D eigenvalue weighted by Crippen LogP contribution is 2.19. The number of nitrogens with one attached hydrogen (secondary N) is 1. The van der Waals surface area contributed by atoms with Crippen LogP contribution in [0.1, 0.15) is 15.9 Å². The number of hydrogen-bond acceptors (Lipinski definition) is 4. The highest BCUT2D eigenvalue weighted by atomic mass is 32.1. The molecule has 0 saturated carbocycles. The van der Waals surface area contributed by atoms with Crippen LogP contribution in [-0.2, 0) is 0 Å². The maximum Gasteiger partial charge on any atom is 0.248 e. The number of benzene rings is 1. The van der Waals surface area contributed by atoms with Crippen molar-refractivity contribution >= 4 is 34.6 Å². The Bertz CT molecular complexity index is 642. The molecule has 0 fully saturated rings. The summed E-state index contributed by atoms with van der Waals surface area (Å²) in [5.41, 5.74) is 12.6. The lowest BCUT2D eigenvalue weighted by Crippen LogP contribution is -2.13. The van der Waals surface area contributed by atoms with Crippen LogP contribution in [0.4, 0.5) is 11.5 Å². The second kappa shape index (κ2) is 5.45. The molecule has 19 heavy (non-hydrogen) atoms. The molecular formula is C13H12N4OS. The summed E-state index contributed by atoms with van der Waals surface area (Å²) in [4.78, 5) is 15.5. The van der Waals surface area contributed by atoms with Crippen LogP contribution >= 0.6 is 12.2 Å². The van der Waals surface area contributed by atoms with Gasteiger partial charge < -0.3 is 16.8 Å². The van der Waals surface area contributed by atoms with Crippen LogP contribution in [-0.4, -0.2) is 15.9 Å². The molecule has 0 aliphatic rings. The van der Waals surface area contributed by atoms with Crippen LogP contribution in [0.2, 0.25) is 0 Å². The Morgan fingerprint density at radius 3 is 2.68 bits per heavy atom. The fourth-order valence-electron chi connectivity index (χ4n) is 1.59. The van der Waals surface area contributed by atoms with Gasteiger partial charge in [0, 0.05) is 17.4 Å². The smallest absolute Gasteiger partial charge is 0.248 e. The SMILES string of the molecule is NC(=O)c1cccc(Nc2ncccc2C(N)=S)c1. The third-order valence-electron chi connectivity index (χ3n) is 2.48. The summed E-state index contributed by atoms with van der Waals surface area (Å²) in [6.45, 7) is 0. The molecule has 2 rings (SSSR count). The predicted molar refractivity (Wildman–Crippen MR) is 78.4 cm³/mol. The Kier molecular flexibility index (Phi) is 3.72. The van der Waals surface area contributed by atoms with Crippen LogP contribution in [0.5, 0.6) is 0 Å². The first-order valence-electron chi connectivity index (χ1n) is 5.49. The van der Waals surface area contributed by atoms with Crippen LogP contribution in [0, 0.1) is 0 Å². The minimum atomic E-state index is -0.487. The van der Waals surface area contributed by atoms with Crippen molar-refractivity contribution in [3.63, 3.8) is 0 Å². The summed E-state index contributed by atoms with van der Waals surface area (Å²) in [5.74, 6) is 0.0517. The molecule has 0 unspecified atom stereocenters. The van der Waals surface area contributed by atoms with Gasteiger partial charge in [-0.1, -0.05) is 18.3 Å². The largest absolute Gasteiger partial charge is 0.389 e. The first-order valence-corrected chi connectivity index (χ1v) is 5.90. The van der Waals surface area contributed by atoms with Gasteiger partial charge in [-0.25, -0.2) is 4.98 Å². The molecule has 6 heteroatoms. The zero-order valence-corrected chi connectivity index (χ0v) is 10.8. The maximum atomic E-state index is 11.1. The monoisotopic (exact) mass is 272 g/mol. The zero-order chi connectivity index (χ0) is 13.8. The molecule has 1 heterocycles. The third kappa shape index (κ3) is 3.05. The van der Waals surface area contributed by atoms with Crippen molar-refractivity contribution in [2.24, 2.45) is 11.5 Å². The van der Waals surface area contributed by atoms with E-state index in [4.69, 9.17) is 23.7 Å². The Morgan fingerprint density at radius 2 is 2.00 bits per heavy atom. The molecule has 1 aromatic heterocycles. The van der Waals surface area contributed by atoms with Crippen molar-refractivity contribution in [2.75, 3.05) is 5.32 Å². The maximum absolute atomic E-state index is 11.1. The second-order valence-corrected chi connectivity index (χ2v) is 4.27. The number of carbonyl (C=O) groups is 1. The molecule has 1 amide bonds. The van der Waals surface area contributed by atoms with Crippen molar-refractivity contribution in [3.8, 4) is 0 Å². The Morgan fingerprint density at radius 1 is 1.21 bits per heavy atom. The number of thiocarbonyl (C=S) groups is 1. The van der Waals surface area contributed by atoms with Gasteiger partial charge in [0.2, 0.25) is 5.91 Å². The van der Waals surface area contributed by atoms with Crippen molar-refractivity contribution in [3.05, 3.63) is 53.7 Å². The minimum Gasteiger partial charge on any atom is -0.389 e. The molecule has 0 aliphatic carbocycles. The van der Waals surface area contributed by atoms with E-state index in [1.807, 2.05) is 0 Å². The van der Waals surface area contributed by atoms with Gasteiger partial charge in [0.05, 0.1) is 5.56 Å². The summed E-state index contributed by atoms with van der Waals surface area (Å²) in [6.07, 6.45) is 1.63. The van der Waals surface area contributed by atoms with Gasteiger partial charge in [-0.05, 0) is 30.3 Å². The standard InChI is InChI=1S/C13H12N4OS/c14-11(18)8-3-1-4-9(7-8)17-13-10(12(15)19)5-2-6-16-13/h1-7H,(H2,14,18)(H2,15,19)(H,16,17). The van der Waals surface area contributed by atoms with E-state index < -0.39 is 5.91 Å². The highest BCUT2D eigenvalue weighted by molar-refractivity contribution is 7.80. The van der Waals surface area contributed by atoms with Crippen LogP contribution in [0.25, 0.3) is 0 Å². The van der Waals surface area contributed by atoms with E-state index >= 15 is 0 Å². The Labute approximate surface area is 115 Å². The topological polar surface area (TPSA) is 94.0 Å². The summed E-state index contributed by atoms with van der Waals surface area (Å²) >= 11 is 4.96. The molecule has 0 aliphatic heterocycles. The van der Waals surface area contributed by atoms with Crippen LogP contribution in [0.15, 0.2) is 42.6 Å². The Balaban J connectivity index is 2.34. The average Bonchev–Trinajstić information content (AvgIpc) is 2.39. The number of primary amides is 1. The number of anilines is 2. The van der Waals surface area contributed by atoms with E-state index in [-0.39, 0.29) is 4.99 Å². The van der Waals surface area contributed by atoms with E-state index in [0.29, 0.717) is 22.6 Å². The fourth-order valence-corrected chi connectivity index (χ4v) is 1.76. The van der Waals surface area contributed by atoms with Crippen LogP contribution in [0.3, 0.4) is 0 Å². The third-order valence-corrected chi connectivity index (χ3v) is 2.70. The van der Waals surface area contributed by atoms with E-state index in [0.717, 1.165) is 0 Å². The lowest BCUT2D eigenvalue weighted by atomic mass is 10.2. The predicted octanol–water partition coefficient (Wildman–Crippen LogP) is 1.56. The van der Waals surface area contributed by atoms with E-state index in [1.54, 1.807) is 42.6 Å². The van der Waals surface area contributed by atoms with Gasteiger partial charge in [-0.2, -0.15) is 0 Å². The summed E-state index contributed by atoms with van der Waals surface area (Å²) in [6, 6.07) is 10.3. The van der Waals surface area contributed by atoms with Crippen molar-refractivity contribution < 1.29 is 4.79 Å². The average molecular weight is 272 g/mol. The quantitative estimate of drug-likeness (QED) is 0.734. The van der Waals surface area contributed by atoms with Gasteiger partial charge in [0.15, 0.2) is 0 Å². The number of amides is 1. The second-order valence-electron chi connectivity index (χ2n) is 3.83. The number of nitrogens with zero attached hydrogens (tertiary/aromatic N) is 1. The normalized spacial score (nSPS) is 9.89. The number of pyridine rings is 1. The number of carbonyl (C=O) groups excluding carboxylic acids is 1. The molecule has 2 aromatic rings. The van der Waals surface area contributed by atoms with Gasteiger partial charge in [-0.15, -0.1) is 0 Å². The van der Waals surface area contributed by atoms with Crippen molar-refractivity contribution in [1.29, 1.82) is 0 Å². The lowest BCUT2D eigenvalue weighted by molar-refractivity contribution is 0.100. The zero-order valence-electron chi connectivity index (χ0n) is 9.96. The number of nitrogens with two attached hydrogens (primary N) is 2. The lowest BCUT2D eigenvalue weighted by Gasteiger charge is -2.10. The highest BCUT2D eigenvalue weighted by Gasteiger charge is 2.07. The number of aromatic nitrogens is 1. The molecule has 1 aromatic carbocycles. The molecule has 5 nitrogen and oxygen atoms in total. The summed E-state index contributed by atoms with van der Waals surface area (Å²) in [5, 5.41) is 3.06. The van der Waals surface area contributed by atoms with Gasteiger partial charge in [0.1, 0.15) is 10.8 Å². The van der Waals surface area contributed by atoms with Crippen molar-refractivity contribution in [2.45, 2.75) is 0 Å². The molecule has 0 radical (unpaired) electrons. The van der Waals surface area contributed by atoms with E-state index in [1.165, 1.54) is 0 Å². The number of rotatable bonds is 4. The van der Waals surface area contributed by atoms with Gasteiger partial charge in [-0.3, -0.25) is 4.79 Å². The Hall–Kier alpha value is -2.47. The van der Waals surface area contributed by atoms with E-state index in [2.05, 4.69) is 10.3 Å². The first kappa shape index (κ1) is 13.0. The van der Waals surface area contributed by atoms with Gasteiger partial charge in [0.25, 0.3) is 0 Å². The fraction of sp³-hybridized carbons (Fsp3) is 0. The molecule has 0 saturated heterocycles. The van der Waals surface area contributed by atoms with Crippen molar-refractivity contribution in [1.82, 2.24) is 4.98 Å². The molecule has 5 N–H and O–H groups in total. The molecular weight excluding hydrogens is 260 g/mol. The van der Waals surface area contributed by atoms with Crippen LogP contribution < -0.4 is 16.8 Å². The molecule has 0 spiro atoms. The molecule has 0 atom stereocenters. The molecule has 96 valence electrons. The first-order chi connectivity index (χ1) is 9.08. The summed E-state index contributed by atoms with van der Waals surface area (Å²) < 4.78 is 0. The van der Waals surface area contributed by atoms with E-state index in [9.17, 15) is 4.79 Å². The molecule has 0 bridgehead atoms. The minimum absolute atomic E-state index is 0.252.